The Kier molecular flexibility index (Phi) is 5.19. The van der Waals surface area contributed by atoms with Crippen LogP contribution in [0.5, 0.6) is 0 Å². The molecule has 90 valence electrons. The summed E-state index contributed by atoms with van der Waals surface area (Å²) in [6.45, 7) is 1.94. The van der Waals surface area contributed by atoms with E-state index in [1.165, 1.54) is 12.1 Å². The normalized spacial score (nSPS) is 14.8. The highest BCUT2D eigenvalue weighted by Gasteiger charge is 2.17. The van der Waals surface area contributed by atoms with E-state index in [9.17, 15) is 9.50 Å². The molecule has 0 heterocycles. The first-order valence-electron chi connectivity index (χ1n) is 5.23. The number of aliphatic hydroxyl groups excluding tert-OH is 1. The zero-order valence-electron chi connectivity index (χ0n) is 9.41. The number of halogens is 2. The predicted molar refractivity (Wildman–Crippen MR) is 62.2 cm³/mol. The van der Waals surface area contributed by atoms with Gasteiger partial charge in [0.05, 0.1) is 17.2 Å². The summed E-state index contributed by atoms with van der Waals surface area (Å²) in [5.74, 6) is -0.446. The van der Waals surface area contributed by atoms with Gasteiger partial charge in [0.25, 0.3) is 0 Å². The van der Waals surface area contributed by atoms with Crippen LogP contribution in [0.15, 0.2) is 18.2 Å². The summed E-state index contributed by atoms with van der Waals surface area (Å²) in [6.07, 6.45) is 0.333. The average Bonchev–Trinajstić information content (AvgIpc) is 2.25. The third-order valence-corrected chi connectivity index (χ3v) is 2.85. The SMILES string of the molecule is CCC(OC)C(O)Cc1ccc(F)c(Cl)c1. The smallest absolute Gasteiger partial charge is 0.141 e. The van der Waals surface area contributed by atoms with Crippen molar-refractivity contribution in [2.75, 3.05) is 7.11 Å². The molecule has 1 aromatic rings. The summed E-state index contributed by atoms with van der Waals surface area (Å²) < 4.78 is 18.0. The lowest BCUT2D eigenvalue weighted by Crippen LogP contribution is -2.29. The van der Waals surface area contributed by atoms with Crippen LogP contribution in [0.3, 0.4) is 0 Å². The van der Waals surface area contributed by atoms with E-state index in [4.69, 9.17) is 16.3 Å². The first-order chi connectivity index (χ1) is 7.58. The number of benzene rings is 1. The van der Waals surface area contributed by atoms with E-state index in [1.54, 1.807) is 13.2 Å². The van der Waals surface area contributed by atoms with Gasteiger partial charge in [-0.1, -0.05) is 24.6 Å². The van der Waals surface area contributed by atoms with Gasteiger partial charge in [0.15, 0.2) is 0 Å². The largest absolute Gasteiger partial charge is 0.390 e. The minimum atomic E-state index is -0.600. The van der Waals surface area contributed by atoms with Gasteiger partial charge in [0.1, 0.15) is 5.82 Å². The fourth-order valence-corrected chi connectivity index (χ4v) is 1.84. The first-order valence-corrected chi connectivity index (χ1v) is 5.61. The fourth-order valence-electron chi connectivity index (χ4n) is 1.64. The topological polar surface area (TPSA) is 29.5 Å². The summed E-state index contributed by atoms with van der Waals surface area (Å²) >= 11 is 5.66. The second-order valence-electron chi connectivity index (χ2n) is 3.70. The third kappa shape index (κ3) is 3.44. The fraction of sp³-hybridized carbons (Fsp3) is 0.500. The van der Waals surface area contributed by atoms with Crippen molar-refractivity contribution < 1.29 is 14.2 Å². The Bertz CT molecular complexity index is 340. The zero-order valence-corrected chi connectivity index (χ0v) is 10.2. The quantitative estimate of drug-likeness (QED) is 0.866. The van der Waals surface area contributed by atoms with Crippen molar-refractivity contribution in [1.82, 2.24) is 0 Å². The molecule has 0 fully saturated rings. The number of hydrogen-bond donors (Lipinski definition) is 1. The molecular weight excluding hydrogens is 231 g/mol. The Morgan fingerprint density at radius 1 is 1.50 bits per heavy atom. The summed E-state index contributed by atoms with van der Waals surface area (Å²) in [4.78, 5) is 0. The highest BCUT2D eigenvalue weighted by molar-refractivity contribution is 6.30. The van der Waals surface area contributed by atoms with Crippen molar-refractivity contribution >= 4 is 11.6 Å². The Morgan fingerprint density at radius 3 is 2.69 bits per heavy atom. The van der Waals surface area contributed by atoms with E-state index < -0.39 is 11.9 Å². The summed E-state index contributed by atoms with van der Waals surface area (Å²) in [5, 5.41) is 9.94. The maximum Gasteiger partial charge on any atom is 0.141 e. The van der Waals surface area contributed by atoms with E-state index in [2.05, 4.69) is 0 Å². The van der Waals surface area contributed by atoms with Gasteiger partial charge in [-0.15, -0.1) is 0 Å². The van der Waals surface area contributed by atoms with Gasteiger partial charge in [-0.3, -0.25) is 0 Å². The van der Waals surface area contributed by atoms with Crippen molar-refractivity contribution in [1.29, 1.82) is 0 Å². The Balaban J connectivity index is 2.69. The van der Waals surface area contributed by atoms with Crippen molar-refractivity contribution in [2.45, 2.75) is 32.0 Å². The van der Waals surface area contributed by atoms with Crippen LogP contribution < -0.4 is 0 Å². The van der Waals surface area contributed by atoms with E-state index in [-0.39, 0.29) is 11.1 Å². The van der Waals surface area contributed by atoms with Crippen LogP contribution in [-0.4, -0.2) is 24.4 Å². The molecule has 16 heavy (non-hydrogen) atoms. The summed E-state index contributed by atoms with van der Waals surface area (Å²) in [5.41, 5.74) is 0.800. The maximum atomic E-state index is 12.9. The maximum absolute atomic E-state index is 12.9. The molecule has 0 aliphatic carbocycles. The highest BCUT2D eigenvalue weighted by Crippen LogP contribution is 2.18. The molecule has 0 aromatic heterocycles. The molecule has 1 rings (SSSR count). The number of methoxy groups -OCH3 is 1. The molecule has 0 aliphatic rings. The molecule has 1 N–H and O–H groups in total. The van der Waals surface area contributed by atoms with Crippen LogP contribution in [0.1, 0.15) is 18.9 Å². The average molecular weight is 247 g/mol. The van der Waals surface area contributed by atoms with E-state index in [0.717, 1.165) is 12.0 Å². The minimum absolute atomic E-state index is 0.0789. The number of ether oxygens (including phenoxy) is 1. The third-order valence-electron chi connectivity index (χ3n) is 2.56. The zero-order chi connectivity index (χ0) is 12.1. The molecule has 0 saturated carbocycles. The lowest BCUT2D eigenvalue weighted by Gasteiger charge is -2.20. The van der Waals surface area contributed by atoms with Crippen molar-refractivity contribution in [3.63, 3.8) is 0 Å². The molecule has 0 bridgehead atoms. The Morgan fingerprint density at radius 2 is 2.19 bits per heavy atom. The van der Waals surface area contributed by atoms with Gasteiger partial charge in [0, 0.05) is 13.5 Å². The highest BCUT2D eigenvalue weighted by atomic mass is 35.5. The van der Waals surface area contributed by atoms with Crippen LogP contribution in [0.4, 0.5) is 4.39 Å². The second kappa shape index (κ2) is 6.18. The van der Waals surface area contributed by atoms with Crippen molar-refractivity contribution in [3.05, 3.63) is 34.6 Å². The standard InChI is InChI=1S/C12H16ClFO2/c1-3-12(16-2)11(15)7-8-4-5-10(14)9(13)6-8/h4-6,11-12,15H,3,7H2,1-2H3. The number of aliphatic hydroxyl groups is 1. The van der Waals surface area contributed by atoms with Gasteiger partial charge in [0.2, 0.25) is 0 Å². The molecule has 2 nitrogen and oxygen atoms in total. The number of rotatable bonds is 5. The molecule has 0 saturated heterocycles. The van der Waals surface area contributed by atoms with Crippen LogP contribution in [0.2, 0.25) is 5.02 Å². The first kappa shape index (κ1) is 13.4. The van der Waals surface area contributed by atoms with E-state index in [1.807, 2.05) is 6.92 Å². The molecule has 0 spiro atoms. The van der Waals surface area contributed by atoms with Gasteiger partial charge in [-0.2, -0.15) is 0 Å². The number of hydrogen-bond acceptors (Lipinski definition) is 2. The van der Waals surface area contributed by atoms with Crippen LogP contribution in [-0.2, 0) is 11.2 Å². The Hall–Kier alpha value is -0.640. The van der Waals surface area contributed by atoms with Gasteiger partial charge < -0.3 is 9.84 Å². The van der Waals surface area contributed by atoms with E-state index in [0.29, 0.717) is 6.42 Å². The lowest BCUT2D eigenvalue weighted by molar-refractivity contribution is -0.0128. The summed E-state index contributed by atoms with van der Waals surface area (Å²) in [6, 6.07) is 4.45. The van der Waals surface area contributed by atoms with Crippen LogP contribution >= 0.6 is 11.6 Å². The van der Waals surface area contributed by atoms with E-state index >= 15 is 0 Å². The molecule has 0 amide bonds. The van der Waals surface area contributed by atoms with Crippen molar-refractivity contribution in [2.24, 2.45) is 0 Å². The van der Waals surface area contributed by atoms with Gasteiger partial charge >= 0.3 is 0 Å². The Labute approximate surface area is 100.0 Å². The molecular formula is C12H16ClFO2. The molecule has 2 unspecified atom stereocenters. The van der Waals surface area contributed by atoms with Gasteiger partial charge in [-0.05, 0) is 24.1 Å². The molecule has 1 aromatic carbocycles. The molecule has 0 radical (unpaired) electrons. The second-order valence-corrected chi connectivity index (χ2v) is 4.11. The molecule has 0 aliphatic heterocycles. The lowest BCUT2D eigenvalue weighted by atomic mass is 10.0. The van der Waals surface area contributed by atoms with Crippen LogP contribution in [0, 0.1) is 5.82 Å². The van der Waals surface area contributed by atoms with Gasteiger partial charge in [-0.25, -0.2) is 4.39 Å². The minimum Gasteiger partial charge on any atom is -0.390 e. The summed E-state index contributed by atoms with van der Waals surface area (Å²) in [7, 11) is 1.56. The van der Waals surface area contributed by atoms with Crippen molar-refractivity contribution in [3.8, 4) is 0 Å². The predicted octanol–water partition coefficient (Wildman–Crippen LogP) is 2.81. The monoisotopic (exact) mass is 246 g/mol. The molecule has 2 atom stereocenters. The van der Waals surface area contributed by atoms with Crippen LogP contribution in [0.25, 0.3) is 0 Å². The molecule has 4 heteroatoms.